The molecule has 0 aromatic carbocycles. The molecule has 0 radical (unpaired) electrons. The van der Waals surface area contributed by atoms with Gasteiger partial charge >= 0.3 is 0 Å². The van der Waals surface area contributed by atoms with Crippen LogP contribution in [-0.4, -0.2) is 23.5 Å². The lowest BCUT2D eigenvalue weighted by molar-refractivity contribution is 0.156. The van der Waals surface area contributed by atoms with Crippen molar-refractivity contribution in [3.63, 3.8) is 0 Å². The average molecular weight is 250 g/mol. The molecule has 16 heavy (non-hydrogen) atoms. The maximum atomic E-state index is 10.7. The number of hydrogen-bond acceptors (Lipinski definition) is 3. The summed E-state index contributed by atoms with van der Waals surface area (Å²) in [5.74, 6) is 1.62. The van der Waals surface area contributed by atoms with E-state index in [2.05, 4.69) is 13.8 Å². The fourth-order valence-electron chi connectivity index (χ4n) is 2.50. The van der Waals surface area contributed by atoms with E-state index in [-0.39, 0.29) is 12.3 Å². The van der Waals surface area contributed by atoms with Crippen LogP contribution in [0.4, 0.5) is 0 Å². The zero-order valence-electron chi connectivity index (χ0n) is 9.96. The molecule has 0 bridgehead atoms. The summed E-state index contributed by atoms with van der Waals surface area (Å²) in [4.78, 5) is 0. The van der Waals surface area contributed by atoms with Crippen molar-refractivity contribution in [2.24, 2.45) is 17.8 Å². The molecule has 96 valence electrons. The van der Waals surface area contributed by atoms with E-state index in [1.54, 1.807) is 0 Å². The molecule has 0 aromatic heterocycles. The lowest BCUT2D eigenvalue weighted by Crippen LogP contribution is -2.26. The minimum atomic E-state index is -4.28. The third-order valence-corrected chi connectivity index (χ3v) is 4.59. The van der Waals surface area contributed by atoms with Gasteiger partial charge in [0.2, 0.25) is 0 Å². The summed E-state index contributed by atoms with van der Waals surface area (Å²) >= 11 is 0. The van der Waals surface area contributed by atoms with Gasteiger partial charge in [0.05, 0.1) is 0 Å². The van der Waals surface area contributed by atoms with Crippen molar-refractivity contribution in [3.05, 3.63) is 0 Å². The predicted molar refractivity (Wildman–Crippen MR) is 62.5 cm³/mol. The first-order valence-electron chi connectivity index (χ1n) is 5.95. The van der Waals surface area contributed by atoms with Gasteiger partial charge in [-0.05, 0) is 37.0 Å². The molecule has 5 heteroatoms. The normalized spacial score (nSPS) is 29.3. The van der Waals surface area contributed by atoms with Crippen molar-refractivity contribution < 1.29 is 18.1 Å². The monoisotopic (exact) mass is 250 g/mol. The standard InChI is InChI=1S/C11H22O4S/c1-8(2)10-5-3-9(4-6-10)7-11(12)16(13,14)15/h8-12H,3-7H2,1-2H3,(H,13,14,15). The smallest absolute Gasteiger partial charge is 0.291 e. The predicted octanol–water partition coefficient (Wildman–Crippen LogP) is 2.05. The van der Waals surface area contributed by atoms with Gasteiger partial charge in [-0.1, -0.05) is 26.7 Å². The summed E-state index contributed by atoms with van der Waals surface area (Å²) in [6.07, 6.45) is 4.27. The third kappa shape index (κ3) is 4.03. The molecule has 1 aliphatic rings. The summed E-state index contributed by atoms with van der Waals surface area (Å²) in [5, 5.41) is 9.28. The van der Waals surface area contributed by atoms with Crippen molar-refractivity contribution >= 4 is 10.1 Å². The van der Waals surface area contributed by atoms with Crippen molar-refractivity contribution in [1.82, 2.24) is 0 Å². The van der Waals surface area contributed by atoms with Crippen LogP contribution in [0.25, 0.3) is 0 Å². The van der Waals surface area contributed by atoms with Crippen LogP contribution in [0.15, 0.2) is 0 Å². The first-order valence-corrected chi connectivity index (χ1v) is 7.45. The second-order valence-electron chi connectivity index (χ2n) is 5.23. The number of hydrogen-bond donors (Lipinski definition) is 2. The highest BCUT2D eigenvalue weighted by Crippen LogP contribution is 2.35. The van der Waals surface area contributed by atoms with E-state index in [4.69, 9.17) is 4.55 Å². The van der Waals surface area contributed by atoms with Crippen LogP contribution < -0.4 is 0 Å². The number of aliphatic hydroxyl groups excluding tert-OH is 1. The Labute approximate surface area is 97.8 Å². The van der Waals surface area contributed by atoms with Gasteiger partial charge in [0.15, 0.2) is 5.44 Å². The number of aliphatic hydroxyl groups is 1. The van der Waals surface area contributed by atoms with Crippen LogP contribution in [0, 0.1) is 17.8 Å². The largest absolute Gasteiger partial charge is 0.375 e. The van der Waals surface area contributed by atoms with Crippen LogP contribution in [0.1, 0.15) is 46.0 Å². The van der Waals surface area contributed by atoms with Gasteiger partial charge < -0.3 is 5.11 Å². The Morgan fingerprint density at radius 3 is 2.06 bits per heavy atom. The SMILES string of the molecule is CC(C)C1CCC(CC(O)S(=O)(=O)O)CC1. The number of rotatable bonds is 4. The van der Waals surface area contributed by atoms with Gasteiger partial charge in [0, 0.05) is 0 Å². The first-order chi connectivity index (χ1) is 7.30. The molecule has 1 saturated carbocycles. The molecule has 0 heterocycles. The molecule has 0 saturated heterocycles. The van der Waals surface area contributed by atoms with E-state index >= 15 is 0 Å². The molecule has 1 fully saturated rings. The Kier molecular flexibility index (Phi) is 4.76. The highest BCUT2D eigenvalue weighted by atomic mass is 32.2. The maximum absolute atomic E-state index is 10.7. The van der Waals surface area contributed by atoms with Crippen LogP contribution in [-0.2, 0) is 10.1 Å². The van der Waals surface area contributed by atoms with E-state index in [0.717, 1.165) is 31.6 Å². The summed E-state index contributed by atoms with van der Waals surface area (Å²) in [6.45, 7) is 4.41. The molecule has 0 aliphatic heterocycles. The summed E-state index contributed by atoms with van der Waals surface area (Å²) in [6, 6.07) is 0. The van der Waals surface area contributed by atoms with Gasteiger partial charge in [0.1, 0.15) is 0 Å². The molecule has 0 aromatic rings. The van der Waals surface area contributed by atoms with Gasteiger partial charge in [-0.2, -0.15) is 8.42 Å². The quantitative estimate of drug-likeness (QED) is 0.749. The Balaban J connectivity index is 2.38. The fraction of sp³-hybridized carbons (Fsp3) is 1.00. The Morgan fingerprint density at radius 2 is 1.69 bits per heavy atom. The lowest BCUT2D eigenvalue weighted by atomic mass is 9.76. The molecular weight excluding hydrogens is 228 g/mol. The lowest BCUT2D eigenvalue weighted by Gasteiger charge is -2.31. The molecule has 1 aliphatic carbocycles. The third-order valence-electron chi connectivity index (χ3n) is 3.71. The zero-order valence-corrected chi connectivity index (χ0v) is 10.8. The highest BCUT2D eigenvalue weighted by Gasteiger charge is 2.28. The molecular formula is C11H22O4S. The fourth-order valence-corrected chi connectivity index (χ4v) is 3.01. The summed E-state index contributed by atoms with van der Waals surface area (Å²) in [7, 11) is -4.28. The average Bonchev–Trinajstić information content (AvgIpc) is 2.17. The first kappa shape index (κ1) is 13.9. The molecule has 4 nitrogen and oxygen atoms in total. The van der Waals surface area contributed by atoms with Crippen LogP contribution in [0.5, 0.6) is 0 Å². The topological polar surface area (TPSA) is 74.6 Å². The summed E-state index contributed by atoms with van der Waals surface area (Å²) in [5.41, 5.74) is -1.60. The molecule has 0 spiro atoms. The minimum absolute atomic E-state index is 0.170. The van der Waals surface area contributed by atoms with Gasteiger partial charge in [0.25, 0.3) is 10.1 Å². The van der Waals surface area contributed by atoms with Crippen molar-refractivity contribution in [1.29, 1.82) is 0 Å². The van der Waals surface area contributed by atoms with Crippen molar-refractivity contribution in [3.8, 4) is 0 Å². The molecule has 1 rings (SSSR count). The van der Waals surface area contributed by atoms with Crippen LogP contribution >= 0.6 is 0 Å². The Bertz CT molecular complexity index is 302. The Morgan fingerprint density at radius 1 is 1.19 bits per heavy atom. The van der Waals surface area contributed by atoms with E-state index in [9.17, 15) is 13.5 Å². The highest BCUT2D eigenvalue weighted by molar-refractivity contribution is 7.86. The summed E-state index contributed by atoms with van der Waals surface area (Å²) < 4.78 is 30.0. The van der Waals surface area contributed by atoms with E-state index in [1.807, 2.05) is 0 Å². The van der Waals surface area contributed by atoms with E-state index in [1.165, 1.54) is 0 Å². The maximum Gasteiger partial charge on any atom is 0.291 e. The van der Waals surface area contributed by atoms with E-state index in [0.29, 0.717) is 5.92 Å². The Hall–Kier alpha value is -0.130. The van der Waals surface area contributed by atoms with Crippen molar-refractivity contribution in [2.75, 3.05) is 0 Å². The second kappa shape index (κ2) is 5.47. The zero-order chi connectivity index (χ0) is 12.3. The van der Waals surface area contributed by atoms with Crippen molar-refractivity contribution in [2.45, 2.75) is 51.4 Å². The molecule has 0 amide bonds. The molecule has 2 N–H and O–H groups in total. The molecule has 1 unspecified atom stereocenters. The van der Waals surface area contributed by atoms with Gasteiger partial charge in [-0.25, -0.2) is 0 Å². The second-order valence-corrected chi connectivity index (χ2v) is 6.80. The van der Waals surface area contributed by atoms with Gasteiger partial charge in [-0.3, -0.25) is 4.55 Å². The molecule has 1 atom stereocenters. The van der Waals surface area contributed by atoms with Crippen LogP contribution in [0.2, 0.25) is 0 Å². The van der Waals surface area contributed by atoms with E-state index < -0.39 is 15.6 Å². The minimum Gasteiger partial charge on any atom is -0.375 e. The van der Waals surface area contributed by atoms with Gasteiger partial charge in [-0.15, -0.1) is 0 Å². The van der Waals surface area contributed by atoms with Crippen LogP contribution in [0.3, 0.4) is 0 Å².